The number of halogens is 2. The summed E-state index contributed by atoms with van der Waals surface area (Å²) >= 11 is 11.9. The molecule has 0 saturated carbocycles. The molecule has 2 heteroatoms. The summed E-state index contributed by atoms with van der Waals surface area (Å²) in [6.07, 6.45) is 0. The third-order valence-corrected chi connectivity index (χ3v) is 3.56. The van der Waals surface area contributed by atoms with Crippen LogP contribution in [0.2, 0.25) is 0 Å². The molecule has 0 N–H and O–H groups in total. The largest absolute Gasteiger partial charge is 0.126 e. The Balaban J connectivity index is 3.12. The van der Waals surface area contributed by atoms with Crippen molar-refractivity contribution in [2.75, 3.05) is 11.8 Å². The zero-order valence-corrected chi connectivity index (χ0v) is 9.49. The van der Waals surface area contributed by atoms with Crippen LogP contribution in [0.4, 0.5) is 0 Å². The van der Waals surface area contributed by atoms with E-state index in [1.807, 2.05) is 12.1 Å². The Morgan fingerprint density at radius 3 is 2.15 bits per heavy atom. The zero-order valence-electron chi connectivity index (χ0n) is 7.98. The van der Waals surface area contributed by atoms with Crippen LogP contribution in [-0.2, 0) is 5.41 Å². The maximum Gasteiger partial charge on any atom is 0.0329 e. The number of hydrogen-bond donors (Lipinski definition) is 0. The monoisotopic (exact) mass is 216 g/mol. The number of hydrogen-bond acceptors (Lipinski definition) is 0. The van der Waals surface area contributed by atoms with Crippen molar-refractivity contribution in [2.45, 2.75) is 19.3 Å². The van der Waals surface area contributed by atoms with Crippen molar-refractivity contribution in [3.05, 3.63) is 35.4 Å². The predicted octanol–water partition coefficient (Wildman–Crippen LogP) is 3.73. The van der Waals surface area contributed by atoms with Gasteiger partial charge in [-0.25, -0.2) is 0 Å². The minimum atomic E-state index is -0.103. The summed E-state index contributed by atoms with van der Waals surface area (Å²) in [5.41, 5.74) is 2.40. The summed E-state index contributed by atoms with van der Waals surface area (Å²) in [5, 5.41) is 0. The van der Waals surface area contributed by atoms with Crippen LogP contribution in [0.1, 0.15) is 18.1 Å². The van der Waals surface area contributed by atoms with Crippen molar-refractivity contribution >= 4 is 23.2 Å². The molecule has 1 aromatic rings. The lowest BCUT2D eigenvalue weighted by molar-refractivity contribution is 0.601. The highest BCUT2D eigenvalue weighted by Crippen LogP contribution is 2.29. The highest BCUT2D eigenvalue weighted by molar-refractivity contribution is 6.22. The van der Waals surface area contributed by atoms with E-state index in [-0.39, 0.29) is 5.41 Å². The van der Waals surface area contributed by atoms with Gasteiger partial charge in [0.15, 0.2) is 0 Å². The first kappa shape index (κ1) is 10.9. The molecule has 0 fully saturated rings. The van der Waals surface area contributed by atoms with E-state index in [9.17, 15) is 0 Å². The minimum absolute atomic E-state index is 0.103. The van der Waals surface area contributed by atoms with Crippen LogP contribution in [0.15, 0.2) is 24.3 Å². The van der Waals surface area contributed by atoms with Crippen LogP contribution >= 0.6 is 23.2 Å². The summed E-state index contributed by atoms with van der Waals surface area (Å²) in [4.78, 5) is 0. The van der Waals surface area contributed by atoms with E-state index < -0.39 is 0 Å². The normalized spacial score (nSPS) is 11.7. The average Bonchev–Trinajstić information content (AvgIpc) is 2.17. The van der Waals surface area contributed by atoms with E-state index in [0.29, 0.717) is 11.8 Å². The van der Waals surface area contributed by atoms with Crippen molar-refractivity contribution in [1.82, 2.24) is 0 Å². The van der Waals surface area contributed by atoms with Crippen LogP contribution < -0.4 is 0 Å². The van der Waals surface area contributed by atoms with Gasteiger partial charge < -0.3 is 0 Å². The summed E-state index contributed by atoms with van der Waals surface area (Å²) in [5.74, 6) is 1.11. The molecule has 0 nitrogen and oxygen atoms in total. The van der Waals surface area contributed by atoms with E-state index in [1.165, 1.54) is 11.1 Å². The minimum Gasteiger partial charge on any atom is -0.126 e. The number of benzene rings is 1. The Bertz CT molecular complexity index is 277. The van der Waals surface area contributed by atoms with Gasteiger partial charge in [-0.1, -0.05) is 31.2 Å². The standard InChI is InChI=1S/C11H14Cl2/c1-9-5-3-4-6-10(9)11(2,7-12)8-13/h3-6H,7-8H2,1-2H3. The van der Waals surface area contributed by atoms with Crippen LogP contribution in [0.5, 0.6) is 0 Å². The van der Waals surface area contributed by atoms with Gasteiger partial charge in [-0.3, -0.25) is 0 Å². The van der Waals surface area contributed by atoms with E-state index in [2.05, 4.69) is 26.0 Å². The first-order valence-corrected chi connectivity index (χ1v) is 5.39. The molecule has 0 spiro atoms. The molecule has 0 unspecified atom stereocenters. The van der Waals surface area contributed by atoms with Gasteiger partial charge in [0.05, 0.1) is 0 Å². The summed E-state index contributed by atoms with van der Waals surface area (Å²) in [6, 6.07) is 8.24. The molecule has 0 aliphatic carbocycles. The third kappa shape index (κ3) is 2.18. The molecular formula is C11H14Cl2. The fourth-order valence-electron chi connectivity index (χ4n) is 1.43. The Morgan fingerprint density at radius 2 is 1.69 bits per heavy atom. The van der Waals surface area contributed by atoms with Crippen LogP contribution in [0.3, 0.4) is 0 Å². The Morgan fingerprint density at radius 1 is 1.15 bits per heavy atom. The fourth-order valence-corrected chi connectivity index (χ4v) is 2.00. The summed E-state index contributed by atoms with van der Waals surface area (Å²) < 4.78 is 0. The molecule has 0 amide bonds. The molecule has 0 radical (unpaired) electrons. The maximum absolute atomic E-state index is 5.93. The lowest BCUT2D eigenvalue weighted by Crippen LogP contribution is -2.27. The van der Waals surface area contributed by atoms with E-state index >= 15 is 0 Å². The molecule has 72 valence electrons. The molecule has 0 aliphatic rings. The second-order valence-electron chi connectivity index (χ2n) is 3.64. The SMILES string of the molecule is Cc1ccccc1C(C)(CCl)CCl. The molecular weight excluding hydrogens is 203 g/mol. The van der Waals surface area contributed by atoms with Crippen LogP contribution in [0, 0.1) is 6.92 Å². The Hall–Kier alpha value is -0.200. The number of alkyl halides is 2. The lowest BCUT2D eigenvalue weighted by atomic mass is 9.84. The zero-order chi connectivity index (χ0) is 9.90. The van der Waals surface area contributed by atoms with Crippen molar-refractivity contribution in [3.63, 3.8) is 0 Å². The first-order chi connectivity index (χ1) is 6.14. The molecule has 13 heavy (non-hydrogen) atoms. The van der Waals surface area contributed by atoms with Gasteiger partial charge in [0.1, 0.15) is 0 Å². The molecule has 0 heterocycles. The summed E-state index contributed by atoms with van der Waals surface area (Å²) in [7, 11) is 0. The van der Waals surface area contributed by atoms with Gasteiger partial charge >= 0.3 is 0 Å². The van der Waals surface area contributed by atoms with Crippen molar-refractivity contribution in [1.29, 1.82) is 0 Å². The summed E-state index contributed by atoms with van der Waals surface area (Å²) in [6.45, 7) is 4.18. The second-order valence-corrected chi connectivity index (χ2v) is 4.18. The molecule has 0 aromatic heterocycles. The lowest BCUT2D eigenvalue weighted by Gasteiger charge is -2.26. The molecule has 0 aliphatic heterocycles. The molecule has 1 rings (SSSR count). The second kappa shape index (κ2) is 4.34. The highest BCUT2D eigenvalue weighted by Gasteiger charge is 2.25. The predicted molar refractivity (Wildman–Crippen MR) is 60.0 cm³/mol. The fraction of sp³-hybridized carbons (Fsp3) is 0.455. The van der Waals surface area contributed by atoms with E-state index in [0.717, 1.165) is 0 Å². The maximum atomic E-state index is 5.93. The van der Waals surface area contributed by atoms with Crippen LogP contribution in [0.25, 0.3) is 0 Å². The topological polar surface area (TPSA) is 0 Å². The van der Waals surface area contributed by atoms with Crippen molar-refractivity contribution in [3.8, 4) is 0 Å². The van der Waals surface area contributed by atoms with Crippen LogP contribution in [-0.4, -0.2) is 11.8 Å². The molecule has 0 saturated heterocycles. The van der Waals surface area contributed by atoms with Gasteiger partial charge in [0.25, 0.3) is 0 Å². The van der Waals surface area contributed by atoms with Crippen molar-refractivity contribution in [2.24, 2.45) is 0 Å². The molecule has 1 aromatic carbocycles. The smallest absolute Gasteiger partial charge is 0.0329 e. The number of aryl methyl sites for hydroxylation is 1. The molecule has 0 bridgehead atoms. The van der Waals surface area contributed by atoms with E-state index in [1.54, 1.807) is 0 Å². The van der Waals surface area contributed by atoms with Gasteiger partial charge in [-0.2, -0.15) is 0 Å². The van der Waals surface area contributed by atoms with Gasteiger partial charge in [0, 0.05) is 17.2 Å². The Labute approximate surface area is 89.9 Å². The Kier molecular flexibility index (Phi) is 3.63. The van der Waals surface area contributed by atoms with Gasteiger partial charge in [0.2, 0.25) is 0 Å². The number of rotatable bonds is 3. The van der Waals surface area contributed by atoms with Crippen molar-refractivity contribution < 1.29 is 0 Å². The first-order valence-electron chi connectivity index (χ1n) is 4.32. The highest BCUT2D eigenvalue weighted by atomic mass is 35.5. The van der Waals surface area contributed by atoms with E-state index in [4.69, 9.17) is 23.2 Å². The van der Waals surface area contributed by atoms with Gasteiger partial charge in [-0.15, -0.1) is 23.2 Å². The average molecular weight is 217 g/mol. The quantitative estimate of drug-likeness (QED) is 0.676. The molecule has 0 atom stereocenters. The van der Waals surface area contributed by atoms with Gasteiger partial charge in [-0.05, 0) is 18.1 Å². The third-order valence-electron chi connectivity index (χ3n) is 2.39.